The molecule has 1 fully saturated rings. The first-order valence-corrected chi connectivity index (χ1v) is 7.45. The molecule has 1 saturated heterocycles. The molecule has 120 valence electrons. The molecule has 2 rings (SSSR count). The summed E-state index contributed by atoms with van der Waals surface area (Å²) in [6, 6.07) is 4.34. The van der Waals surface area contributed by atoms with E-state index in [0.717, 1.165) is 0 Å². The number of amides is 2. The van der Waals surface area contributed by atoms with Crippen LogP contribution in [-0.4, -0.2) is 53.8 Å². The second-order valence-electron chi connectivity index (χ2n) is 5.67. The van der Waals surface area contributed by atoms with Gasteiger partial charge in [-0.25, -0.2) is 4.39 Å². The lowest BCUT2D eigenvalue weighted by Crippen LogP contribution is -2.53. The highest BCUT2D eigenvalue weighted by molar-refractivity contribution is 5.94. The molecule has 0 aliphatic carbocycles. The average Bonchev–Trinajstić information content (AvgIpc) is 2.50. The van der Waals surface area contributed by atoms with Gasteiger partial charge in [0.1, 0.15) is 5.82 Å². The zero-order valence-electron chi connectivity index (χ0n) is 13.2. The molecular weight excluding hydrogens is 285 g/mol. The van der Waals surface area contributed by atoms with Crippen molar-refractivity contribution in [2.75, 3.05) is 31.5 Å². The van der Waals surface area contributed by atoms with Gasteiger partial charge in [0.15, 0.2) is 0 Å². The molecule has 0 radical (unpaired) electrons. The second-order valence-corrected chi connectivity index (χ2v) is 5.67. The molecule has 6 heteroatoms. The van der Waals surface area contributed by atoms with Crippen molar-refractivity contribution in [3.8, 4) is 0 Å². The fourth-order valence-corrected chi connectivity index (χ4v) is 2.51. The number of piperazine rings is 1. The SMILES string of the molecule is CC(=O)N1CCN([C@H](C)C(=O)Nc2ccc(C)c(F)c2)CC1. The summed E-state index contributed by atoms with van der Waals surface area (Å²) in [5.41, 5.74) is 1.01. The van der Waals surface area contributed by atoms with Crippen molar-refractivity contribution in [2.45, 2.75) is 26.8 Å². The zero-order chi connectivity index (χ0) is 16.3. The highest BCUT2D eigenvalue weighted by atomic mass is 19.1. The quantitative estimate of drug-likeness (QED) is 0.923. The van der Waals surface area contributed by atoms with Gasteiger partial charge in [-0.15, -0.1) is 0 Å². The number of carbonyl (C=O) groups excluding carboxylic acids is 2. The summed E-state index contributed by atoms with van der Waals surface area (Å²) in [7, 11) is 0. The van der Waals surface area contributed by atoms with Gasteiger partial charge in [0.25, 0.3) is 0 Å². The number of aryl methyl sites for hydroxylation is 1. The van der Waals surface area contributed by atoms with Gasteiger partial charge in [-0.3, -0.25) is 14.5 Å². The van der Waals surface area contributed by atoms with E-state index in [1.54, 1.807) is 30.9 Å². The predicted octanol–water partition coefficient (Wildman–Crippen LogP) is 1.63. The van der Waals surface area contributed by atoms with E-state index in [2.05, 4.69) is 5.32 Å². The van der Waals surface area contributed by atoms with E-state index in [9.17, 15) is 14.0 Å². The van der Waals surface area contributed by atoms with Crippen LogP contribution in [0.15, 0.2) is 18.2 Å². The molecule has 1 atom stereocenters. The van der Waals surface area contributed by atoms with Gasteiger partial charge < -0.3 is 10.2 Å². The Morgan fingerprint density at radius 2 is 1.86 bits per heavy atom. The summed E-state index contributed by atoms with van der Waals surface area (Å²) in [6.45, 7) is 7.64. The van der Waals surface area contributed by atoms with Crippen LogP contribution in [0.2, 0.25) is 0 Å². The molecule has 1 aromatic rings. The van der Waals surface area contributed by atoms with Crippen LogP contribution < -0.4 is 5.32 Å². The van der Waals surface area contributed by atoms with E-state index < -0.39 is 0 Å². The van der Waals surface area contributed by atoms with Gasteiger partial charge in [0, 0.05) is 38.8 Å². The summed E-state index contributed by atoms with van der Waals surface area (Å²) in [5.74, 6) is -0.438. The molecule has 2 amide bonds. The average molecular weight is 307 g/mol. The number of benzene rings is 1. The smallest absolute Gasteiger partial charge is 0.241 e. The van der Waals surface area contributed by atoms with Crippen molar-refractivity contribution in [3.63, 3.8) is 0 Å². The topological polar surface area (TPSA) is 52.7 Å². The fraction of sp³-hybridized carbons (Fsp3) is 0.500. The van der Waals surface area contributed by atoms with Crippen molar-refractivity contribution >= 4 is 17.5 Å². The van der Waals surface area contributed by atoms with Crippen LogP contribution in [-0.2, 0) is 9.59 Å². The summed E-state index contributed by atoms with van der Waals surface area (Å²) in [5, 5.41) is 2.74. The summed E-state index contributed by atoms with van der Waals surface area (Å²) < 4.78 is 13.5. The normalized spacial score (nSPS) is 17.2. The van der Waals surface area contributed by atoms with Crippen LogP contribution in [0.3, 0.4) is 0 Å². The zero-order valence-corrected chi connectivity index (χ0v) is 13.2. The molecule has 1 heterocycles. The number of anilines is 1. The van der Waals surface area contributed by atoms with Crippen LogP contribution in [0.25, 0.3) is 0 Å². The van der Waals surface area contributed by atoms with Gasteiger partial charge in [-0.2, -0.15) is 0 Å². The minimum atomic E-state index is -0.333. The van der Waals surface area contributed by atoms with Crippen molar-refractivity contribution in [1.82, 2.24) is 9.80 Å². The number of carbonyl (C=O) groups is 2. The summed E-state index contributed by atoms with van der Waals surface area (Å²) >= 11 is 0. The maximum absolute atomic E-state index is 13.5. The number of rotatable bonds is 3. The highest BCUT2D eigenvalue weighted by Crippen LogP contribution is 2.15. The van der Waals surface area contributed by atoms with E-state index in [-0.39, 0.29) is 23.7 Å². The molecule has 1 aliphatic heterocycles. The van der Waals surface area contributed by atoms with Crippen LogP contribution >= 0.6 is 0 Å². The van der Waals surface area contributed by atoms with E-state index in [4.69, 9.17) is 0 Å². The number of halogens is 1. The Balaban J connectivity index is 1.92. The van der Waals surface area contributed by atoms with Crippen LogP contribution in [0.5, 0.6) is 0 Å². The van der Waals surface area contributed by atoms with Crippen molar-refractivity contribution in [3.05, 3.63) is 29.6 Å². The van der Waals surface area contributed by atoms with E-state index in [1.165, 1.54) is 6.07 Å². The third-order valence-electron chi connectivity index (χ3n) is 4.13. The Hall–Kier alpha value is -1.95. The fourth-order valence-electron chi connectivity index (χ4n) is 2.51. The molecule has 0 aromatic heterocycles. The van der Waals surface area contributed by atoms with Crippen LogP contribution in [0.4, 0.5) is 10.1 Å². The predicted molar refractivity (Wildman–Crippen MR) is 83.1 cm³/mol. The van der Waals surface area contributed by atoms with Crippen molar-refractivity contribution < 1.29 is 14.0 Å². The van der Waals surface area contributed by atoms with Crippen molar-refractivity contribution in [2.24, 2.45) is 0 Å². The van der Waals surface area contributed by atoms with Gasteiger partial charge in [-0.1, -0.05) is 6.07 Å². The molecular formula is C16H22FN3O2. The molecule has 0 bridgehead atoms. The molecule has 5 nitrogen and oxygen atoms in total. The maximum Gasteiger partial charge on any atom is 0.241 e. The summed E-state index contributed by atoms with van der Waals surface area (Å²) in [6.07, 6.45) is 0. The van der Waals surface area contributed by atoms with Crippen molar-refractivity contribution in [1.29, 1.82) is 0 Å². The number of nitrogens with zero attached hydrogens (tertiary/aromatic N) is 2. The number of hydrogen-bond acceptors (Lipinski definition) is 3. The first-order chi connectivity index (χ1) is 10.4. The van der Waals surface area contributed by atoms with Gasteiger partial charge in [0.2, 0.25) is 11.8 Å². The Bertz CT molecular complexity index is 569. The largest absolute Gasteiger partial charge is 0.340 e. The second kappa shape index (κ2) is 6.87. The lowest BCUT2D eigenvalue weighted by molar-refractivity contribution is -0.131. The van der Waals surface area contributed by atoms with Gasteiger partial charge in [-0.05, 0) is 31.5 Å². The minimum absolute atomic E-state index is 0.0619. The van der Waals surface area contributed by atoms with Crippen LogP contribution in [0, 0.1) is 12.7 Å². The third kappa shape index (κ3) is 3.82. The third-order valence-corrected chi connectivity index (χ3v) is 4.13. The first-order valence-electron chi connectivity index (χ1n) is 7.45. The molecule has 1 N–H and O–H groups in total. The molecule has 0 unspecified atom stereocenters. The monoisotopic (exact) mass is 307 g/mol. The van der Waals surface area contributed by atoms with E-state index in [1.807, 2.05) is 11.8 Å². The molecule has 22 heavy (non-hydrogen) atoms. The van der Waals surface area contributed by atoms with Crippen LogP contribution in [0.1, 0.15) is 19.4 Å². The number of nitrogens with one attached hydrogen (secondary N) is 1. The molecule has 1 aromatic carbocycles. The van der Waals surface area contributed by atoms with E-state index in [0.29, 0.717) is 37.4 Å². The van der Waals surface area contributed by atoms with Gasteiger partial charge in [0.05, 0.1) is 6.04 Å². The first kappa shape index (κ1) is 16.4. The highest BCUT2D eigenvalue weighted by Gasteiger charge is 2.26. The lowest BCUT2D eigenvalue weighted by atomic mass is 10.2. The van der Waals surface area contributed by atoms with E-state index >= 15 is 0 Å². The molecule has 1 aliphatic rings. The number of hydrogen-bond donors (Lipinski definition) is 1. The summed E-state index contributed by atoms with van der Waals surface area (Å²) in [4.78, 5) is 27.4. The molecule has 0 spiro atoms. The maximum atomic E-state index is 13.5. The Morgan fingerprint density at radius 3 is 2.41 bits per heavy atom. The Morgan fingerprint density at radius 1 is 1.23 bits per heavy atom. The standard InChI is InChI=1S/C16H22FN3O2/c1-11-4-5-14(10-15(11)17)18-16(22)12(2)19-6-8-20(9-7-19)13(3)21/h4-5,10,12H,6-9H2,1-3H3,(H,18,22)/t12-/m1/s1. The minimum Gasteiger partial charge on any atom is -0.340 e. The lowest BCUT2D eigenvalue weighted by Gasteiger charge is -2.37. The van der Waals surface area contributed by atoms with Gasteiger partial charge >= 0.3 is 0 Å². The molecule has 0 saturated carbocycles. The Kier molecular flexibility index (Phi) is 5.13. The Labute approximate surface area is 130 Å².